The summed E-state index contributed by atoms with van der Waals surface area (Å²) >= 11 is 0. The molecule has 0 aliphatic carbocycles. The maximum absolute atomic E-state index is 11.5. The normalized spacial score (nSPS) is 11.2. The largest absolute Gasteiger partial charge is 0.308 e. The van der Waals surface area contributed by atoms with E-state index in [1.807, 2.05) is 74.5 Å². The third-order valence-electron chi connectivity index (χ3n) is 11.1. The first-order chi connectivity index (χ1) is 28.4. The summed E-state index contributed by atoms with van der Waals surface area (Å²) < 4.78 is 4.45. The summed E-state index contributed by atoms with van der Waals surface area (Å²) in [5, 5.41) is 25.5. The summed E-state index contributed by atoms with van der Waals surface area (Å²) in [7, 11) is 0. The highest BCUT2D eigenvalue weighted by Crippen LogP contribution is 2.42. The van der Waals surface area contributed by atoms with Gasteiger partial charge in [-0.2, -0.15) is 10.5 Å². The van der Waals surface area contributed by atoms with E-state index in [1.54, 1.807) is 0 Å². The number of nitriles is 2. The van der Waals surface area contributed by atoms with Gasteiger partial charge in [-0.15, -0.1) is 0 Å². The van der Waals surface area contributed by atoms with Crippen LogP contribution in [0.1, 0.15) is 22.5 Å². The minimum Gasteiger partial charge on any atom is -0.308 e. The van der Waals surface area contributed by atoms with Crippen LogP contribution in [0.15, 0.2) is 158 Å². The van der Waals surface area contributed by atoms with Crippen molar-refractivity contribution in [3.05, 3.63) is 192 Å². The highest BCUT2D eigenvalue weighted by Gasteiger charge is 2.23. The average Bonchev–Trinajstić information content (AvgIpc) is 3.77. The molecular weight excluding hydrogens is 709 g/mol. The van der Waals surface area contributed by atoms with Gasteiger partial charge in [0.05, 0.1) is 51.6 Å². The van der Waals surface area contributed by atoms with Crippen molar-refractivity contribution in [2.75, 3.05) is 0 Å². The summed E-state index contributed by atoms with van der Waals surface area (Å²) in [6.07, 6.45) is 0. The molecule has 7 aromatic carbocycles. The fraction of sp³-hybridized carbons (Fsp3) is 0.0385. The van der Waals surface area contributed by atoms with Crippen LogP contribution in [0.2, 0.25) is 0 Å². The molecule has 3 heterocycles. The van der Waals surface area contributed by atoms with Crippen LogP contribution >= 0.6 is 0 Å². The van der Waals surface area contributed by atoms with Crippen molar-refractivity contribution >= 4 is 49.3 Å². The molecule has 0 saturated heterocycles. The summed E-state index contributed by atoms with van der Waals surface area (Å²) in [6.45, 7) is 11.7. The number of fused-ring (bicyclic) bond motifs is 6. The van der Waals surface area contributed by atoms with Gasteiger partial charge in [0.25, 0.3) is 0 Å². The Labute approximate surface area is 335 Å². The smallest absolute Gasteiger partial charge is 0.187 e. The number of para-hydroxylation sites is 2. The van der Waals surface area contributed by atoms with Crippen molar-refractivity contribution in [1.29, 1.82) is 10.5 Å². The van der Waals surface area contributed by atoms with E-state index < -0.39 is 0 Å². The fourth-order valence-corrected chi connectivity index (χ4v) is 8.59. The number of rotatable bonds is 5. The zero-order chi connectivity index (χ0) is 39.5. The molecule has 0 aliphatic heterocycles. The molecule has 3 aromatic heterocycles. The molecule has 270 valence electrons. The summed E-state index contributed by atoms with van der Waals surface area (Å²) in [4.78, 5) is 8.39. The van der Waals surface area contributed by atoms with Gasteiger partial charge < -0.3 is 9.13 Å². The zero-order valence-corrected chi connectivity index (χ0v) is 31.7. The molecule has 0 bridgehead atoms. The summed E-state index contributed by atoms with van der Waals surface area (Å²) in [5.41, 5.74) is 14.7. The quantitative estimate of drug-likeness (QED) is 0.165. The van der Waals surface area contributed by atoms with E-state index in [4.69, 9.17) is 11.6 Å². The lowest BCUT2D eigenvalue weighted by atomic mass is 9.99. The number of nitrogens with zero attached hydrogens (tertiary/aromatic N) is 6. The first-order valence-electron chi connectivity index (χ1n) is 19.0. The minimum atomic E-state index is 0.522. The lowest BCUT2D eigenvalue weighted by Crippen LogP contribution is -2.05. The molecule has 0 radical (unpaired) electrons. The van der Waals surface area contributed by atoms with Crippen LogP contribution in [-0.2, 0) is 0 Å². The topological polar surface area (TPSA) is 74.7 Å². The van der Waals surface area contributed by atoms with E-state index in [0.29, 0.717) is 16.8 Å². The number of pyridine rings is 1. The van der Waals surface area contributed by atoms with Gasteiger partial charge in [-0.25, -0.2) is 4.85 Å². The highest BCUT2D eigenvalue weighted by atomic mass is 15.0. The molecule has 58 heavy (non-hydrogen) atoms. The third-order valence-corrected chi connectivity index (χ3v) is 11.1. The second-order valence-electron chi connectivity index (χ2n) is 14.7. The zero-order valence-electron chi connectivity index (χ0n) is 31.7. The molecule has 10 aromatic rings. The summed E-state index contributed by atoms with van der Waals surface area (Å²) in [5.74, 6) is 0. The van der Waals surface area contributed by atoms with Crippen LogP contribution < -0.4 is 0 Å². The molecule has 10 rings (SSSR count). The SMILES string of the molecule is [C-]#[N+]c1cccc(-c2ccc3c4ccccc4n(-c4cc(-c5cc(C)nc(C)c5)cc(-n5c6ccccc6c6ccc(-c7cccc(C#N)c7)cc65)c4C#N)c3c2)c1. The predicted octanol–water partition coefficient (Wildman–Crippen LogP) is 13.2. The molecule has 0 spiro atoms. The highest BCUT2D eigenvalue weighted by molar-refractivity contribution is 6.12. The van der Waals surface area contributed by atoms with E-state index in [1.165, 1.54) is 0 Å². The molecule has 0 fully saturated rings. The molecule has 6 heteroatoms. The van der Waals surface area contributed by atoms with Crippen molar-refractivity contribution in [2.45, 2.75) is 13.8 Å². The second-order valence-corrected chi connectivity index (χ2v) is 14.7. The Morgan fingerprint density at radius 3 is 1.52 bits per heavy atom. The maximum atomic E-state index is 11.5. The molecule has 0 N–H and O–H groups in total. The van der Waals surface area contributed by atoms with Gasteiger partial charge in [0, 0.05) is 32.9 Å². The number of aryl methyl sites for hydroxylation is 2. The van der Waals surface area contributed by atoms with Crippen molar-refractivity contribution in [1.82, 2.24) is 14.1 Å². The Morgan fingerprint density at radius 2 is 0.966 bits per heavy atom. The number of hydrogen-bond donors (Lipinski definition) is 0. The van der Waals surface area contributed by atoms with Gasteiger partial charge in [-0.1, -0.05) is 91.0 Å². The monoisotopic (exact) mass is 740 g/mol. The standard InChI is InChI=1S/C52H32N6/c1-32-22-39(23-33(2)56-32)40-28-51(57-47-16-6-4-14-42(47)44-20-18-37(26-49(44)57)35-11-8-10-34(24-35)30-53)46(31-54)52(29-40)58-48-17-7-5-15-43(48)45-21-19-38(27-50(45)58)36-12-9-13-41(25-36)55-3/h4-29H,1-2H3. The van der Waals surface area contributed by atoms with Crippen LogP contribution in [0, 0.1) is 43.1 Å². The molecule has 0 unspecified atom stereocenters. The van der Waals surface area contributed by atoms with E-state index in [2.05, 4.69) is 123 Å². The maximum Gasteiger partial charge on any atom is 0.187 e. The Morgan fingerprint density at radius 1 is 0.466 bits per heavy atom. The summed E-state index contributed by atoms with van der Waals surface area (Å²) in [6, 6.07) is 58.4. The molecular formula is C52H32N6. The number of aromatic nitrogens is 3. The van der Waals surface area contributed by atoms with Gasteiger partial charge in [0.15, 0.2) is 5.69 Å². The Kier molecular flexibility index (Phi) is 7.98. The average molecular weight is 741 g/mol. The Hall–Kier alpha value is -8.24. The van der Waals surface area contributed by atoms with Gasteiger partial charge in [0.2, 0.25) is 0 Å². The Bertz CT molecular complexity index is 3250. The molecule has 6 nitrogen and oxygen atoms in total. The lowest BCUT2D eigenvalue weighted by molar-refractivity contribution is 1.11. The lowest BCUT2D eigenvalue weighted by Gasteiger charge is -2.19. The van der Waals surface area contributed by atoms with E-state index in [9.17, 15) is 10.5 Å². The van der Waals surface area contributed by atoms with Crippen LogP contribution in [0.5, 0.6) is 0 Å². The van der Waals surface area contributed by atoms with Gasteiger partial charge in [-0.3, -0.25) is 4.98 Å². The number of benzene rings is 7. The van der Waals surface area contributed by atoms with Gasteiger partial charge in [0.1, 0.15) is 11.6 Å². The van der Waals surface area contributed by atoms with Crippen molar-refractivity contribution in [2.24, 2.45) is 0 Å². The van der Waals surface area contributed by atoms with Crippen LogP contribution in [-0.4, -0.2) is 14.1 Å². The third kappa shape index (κ3) is 5.50. The fourth-order valence-electron chi connectivity index (χ4n) is 8.59. The van der Waals surface area contributed by atoms with Crippen molar-refractivity contribution < 1.29 is 0 Å². The predicted molar refractivity (Wildman–Crippen MR) is 234 cm³/mol. The van der Waals surface area contributed by atoms with E-state index in [0.717, 1.165) is 99.8 Å². The number of hydrogen-bond acceptors (Lipinski definition) is 3. The van der Waals surface area contributed by atoms with Crippen molar-refractivity contribution in [3.63, 3.8) is 0 Å². The molecule has 0 saturated carbocycles. The van der Waals surface area contributed by atoms with Crippen LogP contribution in [0.3, 0.4) is 0 Å². The van der Waals surface area contributed by atoms with Crippen LogP contribution in [0.4, 0.5) is 5.69 Å². The molecule has 0 aliphatic rings. The first-order valence-corrected chi connectivity index (χ1v) is 19.0. The van der Waals surface area contributed by atoms with Crippen LogP contribution in [0.25, 0.3) is 93.2 Å². The second kappa shape index (κ2) is 13.5. The van der Waals surface area contributed by atoms with Gasteiger partial charge in [-0.05, 0) is 114 Å². The first kappa shape index (κ1) is 34.3. The van der Waals surface area contributed by atoms with E-state index >= 15 is 0 Å². The molecule has 0 atom stereocenters. The minimum absolute atomic E-state index is 0.522. The molecule has 0 amide bonds. The van der Waals surface area contributed by atoms with Gasteiger partial charge >= 0.3 is 0 Å². The van der Waals surface area contributed by atoms with E-state index in [-0.39, 0.29) is 0 Å². The Balaban J connectivity index is 1.34. The van der Waals surface area contributed by atoms with Crippen molar-refractivity contribution in [3.8, 4) is 56.9 Å².